The van der Waals surface area contributed by atoms with Gasteiger partial charge in [-0.3, -0.25) is 0 Å². The molecule has 0 amide bonds. The third kappa shape index (κ3) is 17.1. The van der Waals surface area contributed by atoms with Crippen LogP contribution in [0.5, 0.6) is 0 Å². The second-order valence-electron chi connectivity index (χ2n) is 8.05. The topological polar surface area (TPSA) is 3.24 Å². The molecule has 0 spiro atoms. The molecule has 2 heteroatoms. The highest BCUT2D eigenvalue weighted by molar-refractivity contribution is 8.93. The van der Waals surface area contributed by atoms with Gasteiger partial charge in [-0.2, -0.15) is 0 Å². The zero-order chi connectivity index (χ0) is 16.7. The molecule has 0 rings (SSSR count). The highest BCUT2D eigenvalue weighted by Crippen LogP contribution is 2.20. The van der Waals surface area contributed by atoms with Crippen molar-refractivity contribution < 1.29 is 0 Å². The van der Waals surface area contributed by atoms with Crippen molar-refractivity contribution in [1.82, 2.24) is 4.90 Å². The Morgan fingerprint density at radius 1 is 0.565 bits per heavy atom. The fourth-order valence-corrected chi connectivity index (χ4v) is 2.98. The molecule has 0 N–H and O–H groups in total. The minimum absolute atomic E-state index is 0. The fourth-order valence-electron chi connectivity index (χ4n) is 2.98. The van der Waals surface area contributed by atoms with Crippen molar-refractivity contribution in [2.45, 2.75) is 123 Å². The van der Waals surface area contributed by atoms with Crippen LogP contribution in [0, 0.1) is 0 Å². The Hall–Kier alpha value is 0.440. The zero-order valence-electron chi connectivity index (χ0n) is 17.0. The molecule has 0 bridgehead atoms. The van der Waals surface area contributed by atoms with Crippen molar-refractivity contribution >= 4 is 17.0 Å². The van der Waals surface area contributed by atoms with E-state index in [1.54, 1.807) is 0 Å². The molecule has 0 unspecified atom stereocenters. The Morgan fingerprint density at radius 2 is 0.870 bits per heavy atom. The van der Waals surface area contributed by atoms with Gasteiger partial charge in [0.1, 0.15) is 0 Å². The van der Waals surface area contributed by atoms with E-state index in [1.807, 2.05) is 0 Å². The summed E-state index contributed by atoms with van der Waals surface area (Å²) in [6, 6.07) is 0. The third-order valence-electron chi connectivity index (χ3n) is 5.35. The SMILES string of the molecule is Br.CCCCCCCCCCCCCCCCC(C)(C)N(C)C. The van der Waals surface area contributed by atoms with Gasteiger partial charge < -0.3 is 4.90 Å². The molecule has 142 valence electrons. The first kappa shape index (κ1) is 25.7. The predicted molar refractivity (Wildman–Crippen MR) is 113 cm³/mol. The summed E-state index contributed by atoms with van der Waals surface area (Å²) >= 11 is 0. The van der Waals surface area contributed by atoms with Gasteiger partial charge in [-0.25, -0.2) is 0 Å². The molecule has 0 heterocycles. The van der Waals surface area contributed by atoms with E-state index in [0.29, 0.717) is 5.54 Å². The molecule has 0 radical (unpaired) electrons. The summed E-state index contributed by atoms with van der Waals surface area (Å²) in [4.78, 5) is 2.36. The lowest BCUT2D eigenvalue weighted by Crippen LogP contribution is -2.37. The second kappa shape index (κ2) is 17.3. The van der Waals surface area contributed by atoms with Crippen LogP contribution in [-0.2, 0) is 0 Å². The fraction of sp³-hybridized carbons (Fsp3) is 1.00. The van der Waals surface area contributed by atoms with Gasteiger partial charge in [0.15, 0.2) is 0 Å². The van der Waals surface area contributed by atoms with Crippen LogP contribution in [0.2, 0.25) is 0 Å². The van der Waals surface area contributed by atoms with Crippen LogP contribution in [0.15, 0.2) is 0 Å². The van der Waals surface area contributed by atoms with Crippen molar-refractivity contribution in [3.63, 3.8) is 0 Å². The number of hydrogen-bond donors (Lipinski definition) is 0. The van der Waals surface area contributed by atoms with Crippen molar-refractivity contribution in [3.05, 3.63) is 0 Å². The summed E-state index contributed by atoms with van der Waals surface area (Å²) in [5.41, 5.74) is 0.372. The molecule has 23 heavy (non-hydrogen) atoms. The van der Waals surface area contributed by atoms with Gasteiger partial charge in [0, 0.05) is 5.54 Å². The van der Waals surface area contributed by atoms with Gasteiger partial charge in [0.2, 0.25) is 0 Å². The van der Waals surface area contributed by atoms with E-state index in [2.05, 4.69) is 39.8 Å². The number of halogens is 1. The Bertz CT molecular complexity index is 226. The van der Waals surface area contributed by atoms with Crippen molar-refractivity contribution in [3.8, 4) is 0 Å². The molecule has 0 aliphatic heterocycles. The van der Waals surface area contributed by atoms with E-state index in [-0.39, 0.29) is 17.0 Å². The van der Waals surface area contributed by atoms with Crippen molar-refractivity contribution in [2.75, 3.05) is 14.1 Å². The van der Waals surface area contributed by atoms with Gasteiger partial charge >= 0.3 is 0 Å². The summed E-state index contributed by atoms with van der Waals surface area (Å²) in [6.45, 7) is 7.01. The number of unbranched alkanes of at least 4 members (excludes halogenated alkanes) is 13. The average Bonchev–Trinajstić information content (AvgIpc) is 2.47. The van der Waals surface area contributed by atoms with E-state index in [0.717, 1.165) is 0 Å². The Balaban J connectivity index is 0. The van der Waals surface area contributed by atoms with E-state index in [1.165, 1.54) is 96.3 Å². The zero-order valence-corrected chi connectivity index (χ0v) is 18.7. The van der Waals surface area contributed by atoms with Crippen LogP contribution in [0.4, 0.5) is 0 Å². The summed E-state index contributed by atoms with van der Waals surface area (Å²) in [6.07, 6.45) is 21.6. The molecule has 0 atom stereocenters. The first-order valence-electron chi connectivity index (χ1n) is 10.2. The summed E-state index contributed by atoms with van der Waals surface area (Å²) in [5, 5.41) is 0. The van der Waals surface area contributed by atoms with Crippen molar-refractivity contribution in [1.29, 1.82) is 0 Å². The largest absolute Gasteiger partial charge is 0.304 e. The Kier molecular flexibility index (Phi) is 19.3. The molecule has 0 aliphatic carbocycles. The molecular formula is C21H46BrN. The molecule has 0 saturated heterocycles. The van der Waals surface area contributed by atoms with E-state index in [9.17, 15) is 0 Å². The lowest BCUT2D eigenvalue weighted by atomic mass is 9.95. The maximum absolute atomic E-state index is 2.36. The highest BCUT2D eigenvalue weighted by Gasteiger charge is 2.18. The molecular weight excluding hydrogens is 346 g/mol. The molecule has 0 saturated carbocycles. The van der Waals surface area contributed by atoms with E-state index in [4.69, 9.17) is 0 Å². The molecule has 0 aliphatic rings. The lowest BCUT2D eigenvalue weighted by Gasteiger charge is -2.32. The smallest absolute Gasteiger partial charge is 0.0147 e. The normalized spacial score (nSPS) is 11.7. The first-order valence-corrected chi connectivity index (χ1v) is 10.2. The maximum atomic E-state index is 2.36. The van der Waals surface area contributed by atoms with Gasteiger partial charge in [0.25, 0.3) is 0 Å². The number of rotatable bonds is 16. The van der Waals surface area contributed by atoms with Crippen LogP contribution in [-0.4, -0.2) is 24.5 Å². The molecule has 1 nitrogen and oxygen atoms in total. The van der Waals surface area contributed by atoms with E-state index < -0.39 is 0 Å². The predicted octanol–water partition coefficient (Wildman–Crippen LogP) is 7.78. The summed E-state index contributed by atoms with van der Waals surface area (Å²) < 4.78 is 0. The summed E-state index contributed by atoms with van der Waals surface area (Å²) in [7, 11) is 4.40. The van der Waals surface area contributed by atoms with Crippen LogP contribution < -0.4 is 0 Å². The van der Waals surface area contributed by atoms with Crippen molar-refractivity contribution in [2.24, 2.45) is 0 Å². The van der Waals surface area contributed by atoms with E-state index >= 15 is 0 Å². The minimum Gasteiger partial charge on any atom is -0.304 e. The lowest BCUT2D eigenvalue weighted by molar-refractivity contribution is 0.177. The van der Waals surface area contributed by atoms with Gasteiger partial charge in [-0.1, -0.05) is 96.8 Å². The number of hydrogen-bond acceptors (Lipinski definition) is 1. The van der Waals surface area contributed by atoms with Crippen LogP contribution in [0.3, 0.4) is 0 Å². The van der Waals surface area contributed by atoms with Gasteiger partial charge in [-0.05, 0) is 34.4 Å². The maximum Gasteiger partial charge on any atom is 0.0147 e. The van der Waals surface area contributed by atoms with Crippen LogP contribution in [0.1, 0.15) is 117 Å². The van der Waals surface area contributed by atoms with Gasteiger partial charge in [-0.15, -0.1) is 17.0 Å². The third-order valence-corrected chi connectivity index (χ3v) is 5.35. The number of nitrogens with zero attached hydrogens (tertiary/aromatic N) is 1. The summed E-state index contributed by atoms with van der Waals surface area (Å²) in [5.74, 6) is 0. The Labute approximate surface area is 158 Å². The first-order chi connectivity index (χ1) is 10.5. The molecule has 0 aromatic rings. The average molecular weight is 393 g/mol. The van der Waals surface area contributed by atoms with Crippen LogP contribution >= 0.6 is 17.0 Å². The molecule has 0 aromatic heterocycles. The van der Waals surface area contributed by atoms with Gasteiger partial charge in [0.05, 0.1) is 0 Å². The second-order valence-corrected chi connectivity index (χ2v) is 8.05. The highest BCUT2D eigenvalue weighted by atomic mass is 79.9. The standard InChI is InChI=1S/C21H45N.BrH/c1-6-7-8-9-10-11-12-13-14-15-16-17-18-19-20-21(2,3)22(4)5;/h6-20H2,1-5H3;1H. The monoisotopic (exact) mass is 391 g/mol. The minimum atomic E-state index is 0. The van der Waals surface area contributed by atoms with Crippen LogP contribution in [0.25, 0.3) is 0 Å². The molecule has 0 fully saturated rings. The Morgan fingerprint density at radius 3 is 1.17 bits per heavy atom. The molecule has 0 aromatic carbocycles. The quantitative estimate of drug-likeness (QED) is 0.242.